The van der Waals surface area contributed by atoms with E-state index < -0.39 is 5.25 Å². The van der Waals surface area contributed by atoms with Gasteiger partial charge in [0.2, 0.25) is 17.7 Å². The molecule has 1 unspecified atom stereocenters. The molecule has 27 heavy (non-hydrogen) atoms. The minimum absolute atomic E-state index is 0.0218. The number of thioether (sulfide) groups is 1. The van der Waals surface area contributed by atoms with Crippen LogP contribution in [0.5, 0.6) is 0 Å². The minimum Gasteiger partial charge on any atom is -0.325 e. The topological polar surface area (TPSA) is 66.5 Å². The molecular weight excluding hydrogens is 475 g/mol. The van der Waals surface area contributed by atoms with E-state index in [-0.39, 0.29) is 34.9 Å². The molecule has 0 aromatic heterocycles. The number of carbonyl (C=O) groups is 3. The fourth-order valence-corrected chi connectivity index (χ4v) is 4.25. The van der Waals surface area contributed by atoms with Gasteiger partial charge in [0.15, 0.2) is 0 Å². The molecule has 1 heterocycles. The van der Waals surface area contributed by atoms with Crippen molar-refractivity contribution in [2.75, 3.05) is 16.0 Å². The smallest absolute Gasteiger partial charge is 0.247 e. The van der Waals surface area contributed by atoms with Crippen molar-refractivity contribution < 1.29 is 14.4 Å². The molecule has 3 amide bonds. The van der Waals surface area contributed by atoms with Crippen molar-refractivity contribution >= 4 is 80.0 Å². The molecule has 2 aromatic carbocycles. The van der Waals surface area contributed by atoms with Gasteiger partial charge in [0.25, 0.3) is 0 Å². The Kier molecular flexibility index (Phi) is 6.47. The number of rotatable bonds is 5. The van der Waals surface area contributed by atoms with Crippen LogP contribution < -0.4 is 10.2 Å². The Morgan fingerprint density at radius 1 is 1.19 bits per heavy atom. The third-order valence-electron chi connectivity index (χ3n) is 3.80. The van der Waals surface area contributed by atoms with Crippen LogP contribution in [0.3, 0.4) is 0 Å². The summed E-state index contributed by atoms with van der Waals surface area (Å²) in [5.74, 6) is -0.923. The summed E-state index contributed by atoms with van der Waals surface area (Å²) >= 11 is 16.4. The molecule has 1 aliphatic rings. The molecule has 140 valence electrons. The van der Waals surface area contributed by atoms with E-state index in [0.29, 0.717) is 16.4 Å². The summed E-state index contributed by atoms with van der Waals surface area (Å²) in [4.78, 5) is 38.1. The van der Waals surface area contributed by atoms with E-state index in [1.165, 1.54) is 12.1 Å². The average molecular weight is 488 g/mol. The number of nitrogens with zero attached hydrogens (tertiary/aromatic N) is 1. The van der Waals surface area contributed by atoms with Crippen molar-refractivity contribution in [3.8, 4) is 0 Å². The largest absolute Gasteiger partial charge is 0.325 e. The number of nitrogens with one attached hydrogen (secondary N) is 1. The van der Waals surface area contributed by atoms with Crippen LogP contribution in [-0.2, 0) is 14.4 Å². The first-order chi connectivity index (χ1) is 12.8. The van der Waals surface area contributed by atoms with Crippen LogP contribution in [-0.4, -0.2) is 28.7 Å². The number of benzene rings is 2. The van der Waals surface area contributed by atoms with Gasteiger partial charge < -0.3 is 5.32 Å². The van der Waals surface area contributed by atoms with Crippen LogP contribution in [0.1, 0.15) is 6.42 Å². The zero-order chi connectivity index (χ0) is 19.6. The van der Waals surface area contributed by atoms with Crippen LogP contribution in [0.15, 0.2) is 46.9 Å². The van der Waals surface area contributed by atoms with Gasteiger partial charge in [-0.25, -0.2) is 4.90 Å². The molecule has 0 saturated carbocycles. The maximum absolute atomic E-state index is 12.6. The maximum Gasteiger partial charge on any atom is 0.247 e. The molecule has 1 saturated heterocycles. The molecule has 1 N–H and O–H groups in total. The summed E-state index contributed by atoms with van der Waals surface area (Å²) < 4.78 is 0.908. The van der Waals surface area contributed by atoms with E-state index in [0.717, 1.165) is 21.1 Å². The average Bonchev–Trinajstić information content (AvgIpc) is 2.89. The van der Waals surface area contributed by atoms with Crippen molar-refractivity contribution in [2.45, 2.75) is 11.7 Å². The first kappa shape index (κ1) is 20.2. The van der Waals surface area contributed by atoms with Crippen LogP contribution in [0.25, 0.3) is 0 Å². The summed E-state index contributed by atoms with van der Waals surface area (Å²) in [6.07, 6.45) is 0.0218. The second kappa shape index (κ2) is 8.65. The van der Waals surface area contributed by atoms with Crippen molar-refractivity contribution in [2.24, 2.45) is 0 Å². The fraction of sp³-hybridized carbons (Fsp3) is 0.167. The van der Waals surface area contributed by atoms with Crippen molar-refractivity contribution in [1.29, 1.82) is 0 Å². The molecule has 1 aliphatic heterocycles. The number of hydrogen-bond acceptors (Lipinski definition) is 4. The lowest BCUT2D eigenvalue weighted by Crippen LogP contribution is -2.31. The third-order valence-corrected chi connectivity index (χ3v) is 6.07. The number of hydrogen-bond donors (Lipinski definition) is 1. The lowest BCUT2D eigenvalue weighted by molar-refractivity contribution is -0.121. The van der Waals surface area contributed by atoms with E-state index in [9.17, 15) is 14.4 Å². The van der Waals surface area contributed by atoms with E-state index >= 15 is 0 Å². The van der Waals surface area contributed by atoms with Crippen LogP contribution in [0.2, 0.25) is 10.0 Å². The second-order valence-corrected chi connectivity index (χ2v) is 8.67. The molecule has 1 fully saturated rings. The van der Waals surface area contributed by atoms with Crippen molar-refractivity contribution in [3.05, 3.63) is 57.0 Å². The molecule has 0 bridgehead atoms. The molecule has 3 rings (SSSR count). The van der Waals surface area contributed by atoms with Gasteiger partial charge in [-0.1, -0.05) is 39.1 Å². The van der Waals surface area contributed by atoms with Gasteiger partial charge in [0.05, 0.1) is 21.7 Å². The van der Waals surface area contributed by atoms with Gasteiger partial charge in [-0.05, 0) is 42.5 Å². The Bertz CT molecular complexity index is 908. The van der Waals surface area contributed by atoms with E-state index in [1.807, 2.05) is 12.1 Å². The molecule has 0 radical (unpaired) electrons. The lowest BCUT2D eigenvalue weighted by atomic mass is 10.3. The van der Waals surface area contributed by atoms with Gasteiger partial charge >= 0.3 is 0 Å². The Morgan fingerprint density at radius 3 is 2.56 bits per heavy atom. The van der Waals surface area contributed by atoms with E-state index in [1.54, 1.807) is 18.2 Å². The predicted octanol–water partition coefficient (Wildman–Crippen LogP) is 4.76. The van der Waals surface area contributed by atoms with Gasteiger partial charge in [-0.2, -0.15) is 0 Å². The number of halogens is 3. The Labute approximate surface area is 178 Å². The fourth-order valence-electron chi connectivity index (χ4n) is 2.56. The summed E-state index contributed by atoms with van der Waals surface area (Å²) in [5, 5.41) is 2.77. The molecule has 0 aliphatic carbocycles. The molecule has 0 spiro atoms. The number of amides is 3. The standard InChI is InChI=1S/C18H13BrCl2N2O3S/c19-10-1-4-12(5-2-10)22-16(24)9-27-15-8-17(25)23(18(15)26)14-6-3-11(20)7-13(14)21/h1-7,15H,8-9H2,(H,22,24). The van der Waals surface area contributed by atoms with Gasteiger partial charge in [0, 0.05) is 21.6 Å². The third kappa shape index (κ3) is 4.85. The van der Waals surface area contributed by atoms with Gasteiger partial charge in [-0.3, -0.25) is 14.4 Å². The molecular formula is C18H13BrCl2N2O3S. The SMILES string of the molecule is O=C(CSC1CC(=O)N(c2ccc(Cl)cc2Cl)C1=O)Nc1ccc(Br)cc1. The van der Waals surface area contributed by atoms with Gasteiger partial charge in [0.1, 0.15) is 0 Å². The summed E-state index contributed by atoms with van der Waals surface area (Å²) in [5.41, 5.74) is 0.964. The van der Waals surface area contributed by atoms with E-state index in [2.05, 4.69) is 21.2 Å². The number of imide groups is 1. The molecule has 1 atom stereocenters. The number of carbonyl (C=O) groups excluding carboxylic acids is 3. The Hall–Kier alpha value is -1.54. The Morgan fingerprint density at radius 2 is 1.89 bits per heavy atom. The minimum atomic E-state index is -0.625. The molecule has 5 nitrogen and oxygen atoms in total. The van der Waals surface area contributed by atoms with E-state index in [4.69, 9.17) is 23.2 Å². The summed E-state index contributed by atoms with van der Waals surface area (Å²) in [7, 11) is 0. The van der Waals surface area contributed by atoms with Gasteiger partial charge in [-0.15, -0.1) is 11.8 Å². The molecule has 2 aromatic rings. The Balaban J connectivity index is 1.61. The monoisotopic (exact) mass is 486 g/mol. The lowest BCUT2D eigenvalue weighted by Gasteiger charge is -2.16. The highest BCUT2D eigenvalue weighted by molar-refractivity contribution is 9.10. The highest BCUT2D eigenvalue weighted by Gasteiger charge is 2.40. The van der Waals surface area contributed by atoms with Crippen LogP contribution in [0, 0.1) is 0 Å². The summed E-state index contributed by atoms with van der Waals surface area (Å²) in [6, 6.07) is 11.7. The number of anilines is 2. The molecule has 9 heteroatoms. The van der Waals surface area contributed by atoms with Crippen LogP contribution >= 0.6 is 50.9 Å². The van der Waals surface area contributed by atoms with Crippen molar-refractivity contribution in [3.63, 3.8) is 0 Å². The highest BCUT2D eigenvalue weighted by atomic mass is 79.9. The predicted molar refractivity (Wildman–Crippen MR) is 113 cm³/mol. The first-order valence-corrected chi connectivity index (χ1v) is 10.4. The van der Waals surface area contributed by atoms with Crippen molar-refractivity contribution in [1.82, 2.24) is 0 Å². The zero-order valence-corrected chi connectivity index (χ0v) is 17.7. The zero-order valence-electron chi connectivity index (χ0n) is 13.7. The highest BCUT2D eigenvalue weighted by Crippen LogP contribution is 2.35. The van der Waals surface area contributed by atoms with Crippen LogP contribution in [0.4, 0.5) is 11.4 Å². The quantitative estimate of drug-likeness (QED) is 0.617. The summed E-state index contributed by atoms with van der Waals surface area (Å²) in [6.45, 7) is 0. The maximum atomic E-state index is 12.6. The second-order valence-electron chi connectivity index (χ2n) is 5.72. The first-order valence-electron chi connectivity index (χ1n) is 7.84. The normalized spacial score (nSPS) is 16.7.